The Kier molecular flexibility index (Phi) is 4.69. The molecular weight excluding hydrogens is 339 g/mol. The molecule has 0 amide bonds. The fourth-order valence-electron chi connectivity index (χ4n) is 2.97. The molecule has 0 aliphatic carbocycles. The van der Waals surface area contributed by atoms with Crippen LogP contribution in [0.5, 0.6) is 0 Å². The van der Waals surface area contributed by atoms with Gasteiger partial charge in [-0.3, -0.25) is 0 Å². The second-order valence-corrected chi connectivity index (χ2v) is 6.15. The van der Waals surface area contributed by atoms with E-state index >= 15 is 0 Å². The Bertz CT molecular complexity index is 729. The molecule has 7 heteroatoms. The van der Waals surface area contributed by atoms with Gasteiger partial charge >= 0.3 is 6.18 Å². The van der Waals surface area contributed by atoms with Crippen molar-refractivity contribution >= 4 is 23.0 Å². The standard InChI is InChI=1S/C17H17ClF3N3/c1-24(12-3-5-15(23-10-12)17(19,20)21)16-13-7-9-22-8-6-11(13)2-4-14(16)18/h2-5,10,22H,6-9H2,1H3. The van der Waals surface area contributed by atoms with Crippen LogP contribution in [0.4, 0.5) is 24.5 Å². The van der Waals surface area contributed by atoms with Crippen LogP contribution in [0.1, 0.15) is 16.8 Å². The van der Waals surface area contributed by atoms with Gasteiger partial charge in [0.2, 0.25) is 0 Å². The van der Waals surface area contributed by atoms with Crippen molar-refractivity contribution in [3.05, 3.63) is 52.3 Å². The Labute approximate surface area is 143 Å². The number of hydrogen-bond acceptors (Lipinski definition) is 3. The predicted octanol–water partition coefficient (Wildman–Crippen LogP) is 4.21. The fraction of sp³-hybridized carbons (Fsp3) is 0.353. The molecule has 1 N–H and O–H groups in total. The first kappa shape index (κ1) is 17.0. The zero-order valence-corrected chi connectivity index (χ0v) is 13.9. The molecule has 24 heavy (non-hydrogen) atoms. The van der Waals surface area contributed by atoms with Gasteiger partial charge in [0.1, 0.15) is 5.69 Å². The third kappa shape index (κ3) is 3.35. The van der Waals surface area contributed by atoms with Gasteiger partial charge in [-0.15, -0.1) is 0 Å². The highest BCUT2D eigenvalue weighted by Gasteiger charge is 2.32. The molecule has 0 spiro atoms. The predicted molar refractivity (Wildman–Crippen MR) is 89.0 cm³/mol. The highest BCUT2D eigenvalue weighted by molar-refractivity contribution is 6.33. The molecule has 1 aromatic carbocycles. The topological polar surface area (TPSA) is 28.2 Å². The van der Waals surface area contributed by atoms with Crippen LogP contribution in [0.2, 0.25) is 5.02 Å². The van der Waals surface area contributed by atoms with E-state index < -0.39 is 11.9 Å². The van der Waals surface area contributed by atoms with Crippen molar-refractivity contribution in [2.24, 2.45) is 0 Å². The monoisotopic (exact) mass is 355 g/mol. The van der Waals surface area contributed by atoms with Crippen molar-refractivity contribution in [2.45, 2.75) is 19.0 Å². The molecule has 0 unspecified atom stereocenters. The van der Waals surface area contributed by atoms with E-state index in [9.17, 15) is 13.2 Å². The minimum atomic E-state index is -4.44. The lowest BCUT2D eigenvalue weighted by Gasteiger charge is -2.25. The number of rotatable bonds is 2. The Hall–Kier alpha value is -1.79. The van der Waals surface area contributed by atoms with Crippen molar-refractivity contribution < 1.29 is 13.2 Å². The number of nitrogens with one attached hydrogen (secondary N) is 1. The van der Waals surface area contributed by atoms with Gasteiger partial charge in [-0.25, -0.2) is 4.98 Å². The second kappa shape index (κ2) is 6.61. The van der Waals surface area contributed by atoms with Gasteiger partial charge in [0.15, 0.2) is 0 Å². The largest absolute Gasteiger partial charge is 0.433 e. The molecule has 2 heterocycles. The fourth-order valence-corrected chi connectivity index (χ4v) is 3.27. The molecule has 0 radical (unpaired) electrons. The van der Waals surface area contributed by atoms with Crippen LogP contribution in [0.15, 0.2) is 30.5 Å². The number of pyridine rings is 1. The van der Waals surface area contributed by atoms with E-state index in [2.05, 4.69) is 10.3 Å². The molecule has 0 fully saturated rings. The number of benzene rings is 1. The zero-order valence-electron chi connectivity index (χ0n) is 13.1. The van der Waals surface area contributed by atoms with Crippen LogP contribution in [-0.2, 0) is 19.0 Å². The minimum absolute atomic E-state index is 0.565. The number of halogens is 4. The van der Waals surface area contributed by atoms with Crippen LogP contribution < -0.4 is 10.2 Å². The number of anilines is 2. The summed E-state index contributed by atoms with van der Waals surface area (Å²) in [4.78, 5) is 5.34. The first-order valence-electron chi connectivity index (χ1n) is 7.66. The van der Waals surface area contributed by atoms with Gasteiger partial charge in [0.25, 0.3) is 0 Å². The summed E-state index contributed by atoms with van der Waals surface area (Å²) in [5.41, 5.74) is 2.85. The third-order valence-corrected chi connectivity index (χ3v) is 4.52. The van der Waals surface area contributed by atoms with Crippen LogP contribution in [-0.4, -0.2) is 25.1 Å². The third-order valence-electron chi connectivity index (χ3n) is 4.21. The Morgan fingerprint density at radius 2 is 1.88 bits per heavy atom. The van der Waals surface area contributed by atoms with Gasteiger partial charge in [0, 0.05) is 7.05 Å². The molecule has 128 valence electrons. The number of aromatic nitrogens is 1. The maximum atomic E-state index is 12.7. The van der Waals surface area contributed by atoms with Gasteiger partial charge in [-0.05, 0) is 55.3 Å². The van der Waals surface area contributed by atoms with Crippen LogP contribution >= 0.6 is 11.6 Å². The van der Waals surface area contributed by atoms with Crippen LogP contribution in [0.3, 0.4) is 0 Å². The highest BCUT2D eigenvalue weighted by Crippen LogP contribution is 2.37. The summed E-state index contributed by atoms with van der Waals surface area (Å²) >= 11 is 6.40. The summed E-state index contributed by atoms with van der Waals surface area (Å²) in [6.07, 6.45) is -1.49. The summed E-state index contributed by atoms with van der Waals surface area (Å²) in [5, 5.41) is 3.93. The second-order valence-electron chi connectivity index (χ2n) is 5.74. The van der Waals surface area contributed by atoms with Crippen molar-refractivity contribution in [2.75, 3.05) is 25.0 Å². The summed E-state index contributed by atoms with van der Waals surface area (Å²) in [7, 11) is 1.80. The van der Waals surface area contributed by atoms with Crippen molar-refractivity contribution in [3.63, 3.8) is 0 Å². The SMILES string of the molecule is CN(c1ccc(C(F)(F)F)nc1)c1c(Cl)ccc2c1CCNCC2. The molecule has 0 bridgehead atoms. The molecule has 2 aromatic rings. The maximum absolute atomic E-state index is 12.7. The van der Waals surface area contributed by atoms with E-state index in [4.69, 9.17) is 11.6 Å². The van der Waals surface area contributed by atoms with Gasteiger partial charge in [-0.2, -0.15) is 13.2 Å². The lowest BCUT2D eigenvalue weighted by Crippen LogP contribution is -2.17. The molecule has 1 aliphatic rings. The molecule has 3 rings (SSSR count). The van der Waals surface area contributed by atoms with Crippen molar-refractivity contribution in [1.29, 1.82) is 0 Å². The normalized spacial score (nSPS) is 14.9. The van der Waals surface area contributed by atoms with Crippen molar-refractivity contribution in [3.8, 4) is 0 Å². The van der Waals surface area contributed by atoms with Crippen LogP contribution in [0.25, 0.3) is 0 Å². The molecular formula is C17H17ClF3N3. The molecule has 0 saturated carbocycles. The maximum Gasteiger partial charge on any atom is 0.433 e. The highest BCUT2D eigenvalue weighted by atomic mass is 35.5. The zero-order chi connectivity index (χ0) is 17.3. The number of hydrogen-bond donors (Lipinski definition) is 1. The average molecular weight is 356 g/mol. The average Bonchev–Trinajstić information content (AvgIpc) is 2.79. The smallest absolute Gasteiger partial charge is 0.342 e. The Morgan fingerprint density at radius 3 is 2.54 bits per heavy atom. The molecule has 0 saturated heterocycles. The lowest BCUT2D eigenvalue weighted by molar-refractivity contribution is -0.141. The Balaban J connectivity index is 1.99. The van der Waals surface area contributed by atoms with Crippen molar-refractivity contribution in [1.82, 2.24) is 10.3 Å². The van der Waals surface area contributed by atoms with E-state index in [1.807, 2.05) is 12.1 Å². The summed E-state index contributed by atoms with van der Waals surface area (Å²) < 4.78 is 38.0. The summed E-state index contributed by atoms with van der Waals surface area (Å²) in [6, 6.07) is 6.27. The van der Waals surface area contributed by atoms with E-state index in [0.29, 0.717) is 10.7 Å². The number of nitrogens with zero attached hydrogens (tertiary/aromatic N) is 2. The first-order valence-corrected chi connectivity index (χ1v) is 8.03. The summed E-state index contributed by atoms with van der Waals surface area (Å²) in [6.45, 7) is 1.75. The van der Waals surface area contributed by atoms with Crippen LogP contribution in [0, 0.1) is 0 Å². The van der Waals surface area contributed by atoms with E-state index in [1.54, 1.807) is 11.9 Å². The first-order chi connectivity index (χ1) is 11.4. The molecule has 3 nitrogen and oxygen atoms in total. The van der Waals surface area contributed by atoms with Gasteiger partial charge in [-0.1, -0.05) is 17.7 Å². The number of alkyl halides is 3. The van der Waals surface area contributed by atoms with E-state index in [0.717, 1.165) is 43.2 Å². The lowest BCUT2D eigenvalue weighted by atomic mass is 10.00. The number of fused-ring (bicyclic) bond motifs is 1. The molecule has 1 aromatic heterocycles. The Morgan fingerprint density at radius 1 is 1.12 bits per heavy atom. The molecule has 0 atom stereocenters. The van der Waals surface area contributed by atoms with Gasteiger partial charge in [0.05, 0.1) is 22.6 Å². The minimum Gasteiger partial charge on any atom is -0.342 e. The summed E-state index contributed by atoms with van der Waals surface area (Å²) in [5.74, 6) is 0. The van der Waals surface area contributed by atoms with E-state index in [-0.39, 0.29) is 0 Å². The van der Waals surface area contributed by atoms with E-state index in [1.165, 1.54) is 17.8 Å². The molecule has 1 aliphatic heterocycles. The van der Waals surface area contributed by atoms with Gasteiger partial charge < -0.3 is 10.2 Å². The quantitative estimate of drug-likeness (QED) is 0.874.